The van der Waals surface area contributed by atoms with Crippen LogP contribution in [0.3, 0.4) is 0 Å². The molecule has 0 saturated heterocycles. The Bertz CT molecular complexity index is 902. The molecule has 1 aromatic heterocycles. The van der Waals surface area contributed by atoms with E-state index in [1.165, 1.54) is 11.3 Å². The van der Waals surface area contributed by atoms with Gasteiger partial charge in [0.25, 0.3) is 5.91 Å². The summed E-state index contributed by atoms with van der Waals surface area (Å²) in [6.07, 6.45) is 8.58. The Balaban J connectivity index is 1.54. The molecular formula is C22H30N4O4S. The van der Waals surface area contributed by atoms with Gasteiger partial charge >= 0.3 is 0 Å². The lowest BCUT2D eigenvalue weighted by atomic mass is 9.82. The zero-order chi connectivity index (χ0) is 22.0. The molecule has 2 amide bonds. The Labute approximate surface area is 186 Å². The van der Waals surface area contributed by atoms with Gasteiger partial charge in [0.05, 0.1) is 16.4 Å². The van der Waals surface area contributed by atoms with E-state index in [0.29, 0.717) is 48.0 Å². The van der Waals surface area contributed by atoms with Gasteiger partial charge in [-0.1, -0.05) is 13.3 Å². The Morgan fingerprint density at radius 2 is 1.97 bits per heavy atom. The van der Waals surface area contributed by atoms with Crippen LogP contribution in [0.4, 0.5) is 5.00 Å². The van der Waals surface area contributed by atoms with Gasteiger partial charge in [-0.3, -0.25) is 9.59 Å². The van der Waals surface area contributed by atoms with E-state index in [1.807, 2.05) is 6.92 Å². The van der Waals surface area contributed by atoms with Crippen molar-refractivity contribution in [2.75, 3.05) is 11.9 Å². The third kappa shape index (κ3) is 5.70. The van der Waals surface area contributed by atoms with E-state index < -0.39 is 5.03 Å². The number of hydrazone groups is 1. The molecular weight excluding hydrogens is 416 g/mol. The second-order valence-corrected chi connectivity index (χ2v) is 10.2. The minimum absolute atomic E-state index is 0.00902. The van der Waals surface area contributed by atoms with Crippen LogP contribution < -0.4 is 10.6 Å². The average molecular weight is 447 g/mol. The number of nitrogens with one attached hydrogen (secondary N) is 2. The van der Waals surface area contributed by atoms with Crippen LogP contribution in [0.15, 0.2) is 5.10 Å². The van der Waals surface area contributed by atoms with Crippen molar-refractivity contribution in [3.05, 3.63) is 26.1 Å². The molecule has 4 rings (SSSR count). The molecule has 0 spiro atoms. The van der Waals surface area contributed by atoms with E-state index in [9.17, 15) is 19.7 Å². The fourth-order valence-electron chi connectivity index (χ4n) is 4.30. The number of carbonyl (C=O) groups excluding carboxylic acids is 2. The van der Waals surface area contributed by atoms with Crippen molar-refractivity contribution in [3.63, 3.8) is 0 Å². The fraction of sp³-hybridized carbons (Fsp3) is 0.682. The Hall–Kier alpha value is -2.29. The second-order valence-electron chi connectivity index (χ2n) is 9.09. The largest absolute Gasteiger partial charge is 0.352 e. The van der Waals surface area contributed by atoms with Gasteiger partial charge < -0.3 is 10.6 Å². The fourth-order valence-corrected chi connectivity index (χ4v) is 5.54. The molecule has 1 heterocycles. The summed E-state index contributed by atoms with van der Waals surface area (Å²) in [4.78, 5) is 37.6. The summed E-state index contributed by atoms with van der Waals surface area (Å²) in [5, 5.41) is 20.6. The summed E-state index contributed by atoms with van der Waals surface area (Å²) in [5.74, 6) is 0.766. The third-order valence-corrected chi connectivity index (χ3v) is 7.52. The first-order valence-corrected chi connectivity index (χ1v) is 12.2. The molecule has 2 saturated carbocycles. The van der Waals surface area contributed by atoms with Crippen LogP contribution in [0, 0.1) is 27.9 Å². The molecule has 0 aliphatic heterocycles. The van der Waals surface area contributed by atoms with E-state index in [1.54, 1.807) is 0 Å². The van der Waals surface area contributed by atoms with Crippen molar-refractivity contribution in [3.8, 4) is 0 Å². The zero-order valence-electron chi connectivity index (χ0n) is 17.9. The van der Waals surface area contributed by atoms with E-state index in [4.69, 9.17) is 0 Å². The van der Waals surface area contributed by atoms with E-state index in [0.717, 1.165) is 55.4 Å². The summed E-state index contributed by atoms with van der Waals surface area (Å²) < 4.78 is 0. The standard InChI is InChI=1S/C22H30N4O4S/c1-2-3-16(25-26(29)30)10-14-6-9-18-17(11-14)19(21(28)23-12-13-4-5-13)22(31-18)24-20(27)15-7-8-15/h13-15H,2-12H2,1H3,(H,23,28)(H,24,27). The number of thiophene rings is 1. The van der Waals surface area contributed by atoms with Gasteiger partial charge in [-0.15, -0.1) is 11.3 Å². The number of nitro groups is 1. The van der Waals surface area contributed by atoms with Crippen LogP contribution in [-0.4, -0.2) is 29.1 Å². The van der Waals surface area contributed by atoms with Crippen LogP contribution >= 0.6 is 11.3 Å². The maximum absolute atomic E-state index is 13.1. The SMILES string of the molecule is CCCC(CC1CCc2sc(NC(=O)C3CC3)c(C(=O)NCC3CC3)c2C1)=N[N+](=O)[O-]. The molecule has 31 heavy (non-hydrogen) atoms. The number of anilines is 1. The highest BCUT2D eigenvalue weighted by Gasteiger charge is 2.34. The highest BCUT2D eigenvalue weighted by atomic mass is 32.1. The number of rotatable bonds is 10. The predicted octanol–water partition coefficient (Wildman–Crippen LogP) is 4.16. The second kappa shape index (κ2) is 9.46. The first kappa shape index (κ1) is 21.9. The van der Waals surface area contributed by atoms with Crippen molar-refractivity contribution >= 4 is 33.9 Å². The van der Waals surface area contributed by atoms with E-state index in [2.05, 4.69) is 15.7 Å². The minimum atomic E-state index is -0.605. The first-order valence-electron chi connectivity index (χ1n) is 11.4. The van der Waals surface area contributed by atoms with E-state index in [-0.39, 0.29) is 23.7 Å². The van der Waals surface area contributed by atoms with Gasteiger partial charge in [-0.2, -0.15) is 0 Å². The average Bonchev–Trinajstić information content (AvgIpc) is 3.62. The topological polar surface area (TPSA) is 114 Å². The molecule has 1 atom stereocenters. The van der Waals surface area contributed by atoms with Gasteiger partial charge in [-0.25, -0.2) is 10.1 Å². The summed E-state index contributed by atoms with van der Waals surface area (Å²) in [5.41, 5.74) is 2.25. The van der Waals surface area contributed by atoms with Crippen molar-refractivity contribution in [1.29, 1.82) is 0 Å². The Morgan fingerprint density at radius 1 is 1.19 bits per heavy atom. The van der Waals surface area contributed by atoms with Gasteiger partial charge in [-0.05, 0) is 75.2 Å². The van der Waals surface area contributed by atoms with Crippen molar-refractivity contribution in [1.82, 2.24) is 5.32 Å². The lowest BCUT2D eigenvalue weighted by Crippen LogP contribution is -2.28. The molecule has 0 bridgehead atoms. The lowest BCUT2D eigenvalue weighted by Gasteiger charge is -2.23. The quantitative estimate of drug-likeness (QED) is 0.319. The Kier molecular flexibility index (Phi) is 6.69. The normalized spacial score (nSPS) is 20.8. The van der Waals surface area contributed by atoms with E-state index >= 15 is 0 Å². The van der Waals surface area contributed by atoms with Gasteiger partial charge in [0, 0.05) is 17.3 Å². The molecule has 9 heteroatoms. The Morgan fingerprint density at radius 3 is 2.61 bits per heavy atom. The van der Waals surface area contributed by atoms with Crippen LogP contribution in [0.2, 0.25) is 0 Å². The number of hydrogen-bond donors (Lipinski definition) is 2. The number of carbonyl (C=O) groups is 2. The molecule has 2 fully saturated rings. The van der Waals surface area contributed by atoms with Crippen molar-refractivity contribution < 1.29 is 14.6 Å². The summed E-state index contributed by atoms with van der Waals surface area (Å²) in [6, 6.07) is 0. The molecule has 0 radical (unpaired) electrons. The minimum Gasteiger partial charge on any atom is -0.352 e. The number of fused-ring (bicyclic) bond motifs is 1. The first-order chi connectivity index (χ1) is 14.9. The number of hydrogen-bond acceptors (Lipinski definition) is 5. The monoisotopic (exact) mass is 446 g/mol. The lowest BCUT2D eigenvalue weighted by molar-refractivity contribution is -0.485. The van der Waals surface area contributed by atoms with Gasteiger partial charge in [0.2, 0.25) is 5.91 Å². The number of aryl methyl sites for hydroxylation is 1. The highest BCUT2D eigenvalue weighted by molar-refractivity contribution is 7.17. The smallest absolute Gasteiger partial charge is 0.254 e. The van der Waals surface area contributed by atoms with Gasteiger partial charge in [0.15, 0.2) is 5.03 Å². The summed E-state index contributed by atoms with van der Waals surface area (Å²) in [6.45, 7) is 2.67. The zero-order valence-corrected chi connectivity index (χ0v) is 18.8. The summed E-state index contributed by atoms with van der Waals surface area (Å²) >= 11 is 1.52. The molecule has 1 unspecified atom stereocenters. The maximum Gasteiger partial charge on any atom is 0.254 e. The van der Waals surface area contributed by atoms with Crippen LogP contribution in [-0.2, 0) is 17.6 Å². The number of amides is 2. The van der Waals surface area contributed by atoms with Gasteiger partial charge in [0.1, 0.15) is 5.00 Å². The number of nitrogens with zero attached hydrogens (tertiary/aromatic N) is 2. The van der Waals surface area contributed by atoms with Crippen molar-refractivity contribution in [2.45, 2.75) is 71.1 Å². The summed E-state index contributed by atoms with van der Waals surface area (Å²) in [7, 11) is 0. The molecule has 168 valence electrons. The molecule has 1 aromatic rings. The molecule has 8 nitrogen and oxygen atoms in total. The molecule has 2 N–H and O–H groups in total. The third-order valence-electron chi connectivity index (χ3n) is 6.31. The predicted molar refractivity (Wildman–Crippen MR) is 120 cm³/mol. The molecule has 3 aliphatic rings. The van der Waals surface area contributed by atoms with Crippen LogP contribution in [0.5, 0.6) is 0 Å². The van der Waals surface area contributed by atoms with Crippen LogP contribution in [0.25, 0.3) is 0 Å². The highest BCUT2D eigenvalue weighted by Crippen LogP contribution is 2.42. The molecule has 0 aromatic carbocycles. The molecule has 3 aliphatic carbocycles. The maximum atomic E-state index is 13.1. The van der Waals surface area contributed by atoms with Crippen LogP contribution in [0.1, 0.15) is 79.1 Å². The van der Waals surface area contributed by atoms with Crippen molar-refractivity contribution in [2.24, 2.45) is 22.9 Å².